The molecule has 0 unspecified atom stereocenters. The van der Waals surface area contributed by atoms with Crippen LogP contribution in [0.3, 0.4) is 0 Å². The standard InChI is InChI=1S/C20H20ClN3OS/c1-15-2-8-18(9-3-15)22-20-24(23-10-12-25-13-11-23)19(14-26-20)16-4-6-17(21)7-5-16/h2-9,14H,10-13H2,1H3. The average Bonchev–Trinajstić information content (AvgIpc) is 3.08. The molecule has 1 aromatic heterocycles. The maximum Gasteiger partial charge on any atom is 0.209 e. The summed E-state index contributed by atoms with van der Waals surface area (Å²) < 4.78 is 7.75. The van der Waals surface area contributed by atoms with Crippen molar-refractivity contribution in [1.29, 1.82) is 0 Å². The van der Waals surface area contributed by atoms with Gasteiger partial charge in [0, 0.05) is 16.0 Å². The number of aromatic nitrogens is 1. The van der Waals surface area contributed by atoms with Gasteiger partial charge in [0.15, 0.2) is 0 Å². The van der Waals surface area contributed by atoms with Crippen molar-refractivity contribution in [2.45, 2.75) is 6.92 Å². The van der Waals surface area contributed by atoms with E-state index in [1.165, 1.54) is 5.56 Å². The van der Waals surface area contributed by atoms with Crippen LogP contribution in [0.1, 0.15) is 5.56 Å². The van der Waals surface area contributed by atoms with Crippen molar-refractivity contribution in [2.24, 2.45) is 4.99 Å². The molecule has 0 atom stereocenters. The Hall–Kier alpha value is -2.08. The number of rotatable bonds is 3. The Morgan fingerprint density at radius 3 is 2.38 bits per heavy atom. The zero-order chi connectivity index (χ0) is 17.9. The molecular weight excluding hydrogens is 366 g/mol. The Kier molecular flexibility index (Phi) is 5.11. The maximum absolute atomic E-state index is 6.06. The first-order valence-electron chi connectivity index (χ1n) is 8.61. The van der Waals surface area contributed by atoms with Crippen LogP contribution in [0.15, 0.2) is 58.9 Å². The molecule has 1 aliphatic rings. The van der Waals surface area contributed by atoms with Crippen LogP contribution in [0.25, 0.3) is 11.3 Å². The SMILES string of the molecule is Cc1ccc(N=c2scc(-c3ccc(Cl)cc3)n2N2CCOCC2)cc1. The van der Waals surface area contributed by atoms with Crippen LogP contribution in [-0.4, -0.2) is 31.0 Å². The maximum atomic E-state index is 6.06. The molecule has 0 spiro atoms. The molecule has 0 saturated carbocycles. The second kappa shape index (κ2) is 7.66. The van der Waals surface area contributed by atoms with Gasteiger partial charge in [0.1, 0.15) is 0 Å². The summed E-state index contributed by atoms with van der Waals surface area (Å²) >= 11 is 7.71. The summed E-state index contributed by atoms with van der Waals surface area (Å²) in [6, 6.07) is 16.2. The number of ether oxygens (including phenoxy) is 1. The van der Waals surface area contributed by atoms with Gasteiger partial charge in [-0.1, -0.05) is 41.4 Å². The molecule has 3 aromatic rings. The fourth-order valence-corrected chi connectivity index (χ4v) is 4.00. The van der Waals surface area contributed by atoms with Gasteiger partial charge >= 0.3 is 0 Å². The molecule has 0 N–H and O–H groups in total. The molecule has 0 amide bonds. The number of thiazole rings is 1. The third-order valence-electron chi connectivity index (χ3n) is 4.35. The van der Waals surface area contributed by atoms with Gasteiger partial charge in [-0.15, -0.1) is 11.3 Å². The zero-order valence-electron chi connectivity index (χ0n) is 14.6. The van der Waals surface area contributed by atoms with Gasteiger partial charge in [-0.3, -0.25) is 0 Å². The number of nitrogens with zero attached hydrogens (tertiary/aromatic N) is 3. The molecule has 0 aliphatic carbocycles. The van der Waals surface area contributed by atoms with E-state index in [0.29, 0.717) is 0 Å². The number of hydrogen-bond acceptors (Lipinski definition) is 4. The van der Waals surface area contributed by atoms with E-state index in [2.05, 4.69) is 58.4 Å². The summed E-state index contributed by atoms with van der Waals surface area (Å²) in [5, 5.41) is 5.20. The highest BCUT2D eigenvalue weighted by molar-refractivity contribution is 7.07. The van der Waals surface area contributed by atoms with E-state index in [9.17, 15) is 0 Å². The summed E-state index contributed by atoms with van der Waals surface area (Å²) in [5.74, 6) is 0. The first-order valence-corrected chi connectivity index (χ1v) is 9.87. The quantitative estimate of drug-likeness (QED) is 0.669. The van der Waals surface area contributed by atoms with Crippen LogP contribution in [0.2, 0.25) is 5.02 Å². The Morgan fingerprint density at radius 1 is 1.00 bits per heavy atom. The lowest BCUT2D eigenvalue weighted by Crippen LogP contribution is -2.48. The van der Waals surface area contributed by atoms with Crippen LogP contribution >= 0.6 is 22.9 Å². The molecule has 0 bridgehead atoms. The van der Waals surface area contributed by atoms with Gasteiger partial charge < -0.3 is 9.75 Å². The van der Waals surface area contributed by atoms with Crippen molar-refractivity contribution in [3.63, 3.8) is 0 Å². The predicted molar refractivity (Wildman–Crippen MR) is 108 cm³/mol. The van der Waals surface area contributed by atoms with E-state index >= 15 is 0 Å². The lowest BCUT2D eigenvalue weighted by atomic mass is 10.2. The van der Waals surface area contributed by atoms with Crippen molar-refractivity contribution >= 4 is 28.6 Å². The molecule has 2 aromatic carbocycles. The van der Waals surface area contributed by atoms with Crippen molar-refractivity contribution in [1.82, 2.24) is 4.68 Å². The van der Waals surface area contributed by atoms with Crippen molar-refractivity contribution in [2.75, 3.05) is 31.3 Å². The summed E-state index contributed by atoms with van der Waals surface area (Å²) in [6.45, 7) is 5.23. The first-order chi connectivity index (χ1) is 12.7. The summed E-state index contributed by atoms with van der Waals surface area (Å²) in [7, 11) is 0. The van der Waals surface area contributed by atoms with E-state index in [1.807, 2.05) is 12.1 Å². The molecular formula is C20H20ClN3OS. The summed E-state index contributed by atoms with van der Waals surface area (Å²) in [6.07, 6.45) is 0. The largest absolute Gasteiger partial charge is 0.378 e. The minimum absolute atomic E-state index is 0.729. The van der Waals surface area contributed by atoms with Gasteiger partial charge in [-0.05, 0) is 31.2 Å². The molecule has 1 saturated heterocycles. The molecule has 0 radical (unpaired) electrons. The number of morpholine rings is 1. The third kappa shape index (κ3) is 3.70. The third-order valence-corrected chi connectivity index (χ3v) is 5.42. The van der Waals surface area contributed by atoms with Gasteiger partial charge in [0.2, 0.25) is 4.80 Å². The smallest absolute Gasteiger partial charge is 0.209 e. The van der Waals surface area contributed by atoms with Crippen molar-refractivity contribution in [3.05, 3.63) is 69.3 Å². The average molecular weight is 386 g/mol. The van der Waals surface area contributed by atoms with E-state index in [0.717, 1.165) is 53.1 Å². The summed E-state index contributed by atoms with van der Waals surface area (Å²) in [4.78, 5) is 5.85. The van der Waals surface area contributed by atoms with Gasteiger partial charge in [-0.2, -0.15) is 0 Å². The molecule has 1 aliphatic heterocycles. The van der Waals surface area contributed by atoms with Crippen LogP contribution in [0, 0.1) is 6.92 Å². The van der Waals surface area contributed by atoms with Gasteiger partial charge in [-0.25, -0.2) is 9.67 Å². The van der Waals surface area contributed by atoms with Crippen molar-refractivity contribution < 1.29 is 4.74 Å². The molecule has 1 fully saturated rings. The normalized spacial score (nSPS) is 15.5. The van der Waals surface area contributed by atoms with Crippen LogP contribution in [-0.2, 0) is 4.74 Å². The first kappa shape index (κ1) is 17.3. The van der Waals surface area contributed by atoms with Crippen molar-refractivity contribution in [3.8, 4) is 11.3 Å². The highest BCUT2D eigenvalue weighted by Gasteiger charge is 2.17. The van der Waals surface area contributed by atoms with Gasteiger partial charge in [0.05, 0.1) is 37.7 Å². The molecule has 6 heteroatoms. The van der Waals surface area contributed by atoms with Crippen LogP contribution in [0.5, 0.6) is 0 Å². The molecule has 134 valence electrons. The van der Waals surface area contributed by atoms with Crippen LogP contribution in [0.4, 0.5) is 5.69 Å². The minimum atomic E-state index is 0.729. The minimum Gasteiger partial charge on any atom is -0.378 e. The number of hydrogen-bond donors (Lipinski definition) is 0. The molecule has 2 heterocycles. The van der Waals surface area contributed by atoms with Crippen LogP contribution < -0.4 is 9.81 Å². The predicted octanol–water partition coefficient (Wildman–Crippen LogP) is 4.38. The fraction of sp³-hybridized carbons (Fsp3) is 0.250. The topological polar surface area (TPSA) is 29.8 Å². The fourth-order valence-electron chi connectivity index (χ4n) is 2.95. The lowest BCUT2D eigenvalue weighted by Gasteiger charge is -2.31. The van der Waals surface area contributed by atoms with E-state index in [1.54, 1.807) is 11.3 Å². The molecule has 4 nitrogen and oxygen atoms in total. The van der Waals surface area contributed by atoms with E-state index < -0.39 is 0 Å². The Balaban J connectivity index is 1.83. The Bertz CT molecular complexity index is 938. The Morgan fingerprint density at radius 2 is 1.69 bits per heavy atom. The second-order valence-corrected chi connectivity index (χ2v) is 7.51. The molecule has 4 rings (SSSR count). The monoisotopic (exact) mass is 385 g/mol. The number of aryl methyl sites for hydroxylation is 1. The molecule has 26 heavy (non-hydrogen) atoms. The van der Waals surface area contributed by atoms with E-state index in [4.69, 9.17) is 21.3 Å². The summed E-state index contributed by atoms with van der Waals surface area (Å²) in [5.41, 5.74) is 4.45. The highest BCUT2D eigenvalue weighted by atomic mass is 35.5. The second-order valence-electron chi connectivity index (χ2n) is 6.24. The zero-order valence-corrected chi connectivity index (χ0v) is 16.1. The number of benzene rings is 2. The Labute approximate surface area is 161 Å². The van der Waals surface area contributed by atoms with Gasteiger partial charge in [0.25, 0.3) is 0 Å². The number of halogens is 1. The van der Waals surface area contributed by atoms with E-state index in [-0.39, 0.29) is 0 Å². The highest BCUT2D eigenvalue weighted by Crippen LogP contribution is 2.23. The lowest BCUT2D eigenvalue weighted by molar-refractivity contribution is 0.111.